The summed E-state index contributed by atoms with van der Waals surface area (Å²) in [5.74, 6) is 0.0985. The fraction of sp³-hybridized carbons (Fsp3) is 0.448. The average molecular weight is 494 g/mol. The SMILES string of the molecule is CC(C)(C)O.CCn1c(=O)cc(C2CCN(O)CC2)c2cc(C(=O)N(C)c3ccc(C)cc3)ccc21. The maximum absolute atomic E-state index is 13.2. The highest BCUT2D eigenvalue weighted by Gasteiger charge is 2.24. The van der Waals surface area contributed by atoms with Crippen molar-refractivity contribution >= 4 is 22.5 Å². The van der Waals surface area contributed by atoms with Crippen molar-refractivity contribution < 1.29 is 15.1 Å². The molecule has 1 fully saturated rings. The molecule has 0 bridgehead atoms. The lowest BCUT2D eigenvalue weighted by Gasteiger charge is -2.29. The van der Waals surface area contributed by atoms with Crippen LogP contribution in [-0.4, -0.2) is 51.6 Å². The van der Waals surface area contributed by atoms with Crippen LogP contribution in [0.1, 0.15) is 67.9 Å². The van der Waals surface area contributed by atoms with E-state index in [2.05, 4.69) is 0 Å². The minimum absolute atomic E-state index is 0.0210. The van der Waals surface area contributed by atoms with Crippen LogP contribution in [-0.2, 0) is 6.54 Å². The summed E-state index contributed by atoms with van der Waals surface area (Å²) in [5, 5.41) is 20.5. The Morgan fingerprint density at radius 2 is 1.64 bits per heavy atom. The summed E-state index contributed by atoms with van der Waals surface area (Å²) in [6.07, 6.45) is 1.56. The summed E-state index contributed by atoms with van der Waals surface area (Å²) in [6, 6.07) is 15.2. The zero-order valence-electron chi connectivity index (χ0n) is 22.3. The maximum Gasteiger partial charge on any atom is 0.258 e. The van der Waals surface area contributed by atoms with E-state index < -0.39 is 5.60 Å². The molecule has 0 radical (unpaired) electrons. The predicted octanol–water partition coefficient (Wildman–Crippen LogP) is 4.95. The standard InChI is InChI=1S/C25H29N3O3.C4H10O/c1-4-28-23-10-7-19(25(30)26(3)20-8-5-17(2)6-9-20)15-22(23)21(16-24(28)29)18-11-13-27(31)14-12-18;1-4(2,3)5/h5-10,15-16,18,31H,4,11-14H2,1-3H3;5H,1-3H3. The zero-order valence-corrected chi connectivity index (χ0v) is 22.3. The van der Waals surface area contributed by atoms with Gasteiger partial charge in [0.25, 0.3) is 11.5 Å². The van der Waals surface area contributed by atoms with Crippen molar-refractivity contribution in [3.8, 4) is 0 Å². The molecule has 0 spiro atoms. The molecule has 0 unspecified atom stereocenters. The van der Waals surface area contributed by atoms with Gasteiger partial charge in [0.2, 0.25) is 0 Å². The number of piperidine rings is 1. The van der Waals surface area contributed by atoms with Crippen LogP contribution in [0.3, 0.4) is 0 Å². The number of aryl methyl sites for hydroxylation is 2. The van der Waals surface area contributed by atoms with Gasteiger partial charge in [-0.2, -0.15) is 5.06 Å². The van der Waals surface area contributed by atoms with Crippen LogP contribution in [0.2, 0.25) is 0 Å². The molecular formula is C29H39N3O4. The summed E-state index contributed by atoms with van der Waals surface area (Å²) in [5.41, 5.74) is 3.89. The van der Waals surface area contributed by atoms with Crippen LogP contribution < -0.4 is 10.5 Å². The lowest BCUT2D eigenvalue weighted by Crippen LogP contribution is -2.31. The van der Waals surface area contributed by atoms with E-state index in [0.717, 1.165) is 40.6 Å². The number of amides is 1. The van der Waals surface area contributed by atoms with Crippen LogP contribution in [0.4, 0.5) is 5.69 Å². The van der Waals surface area contributed by atoms with E-state index in [0.29, 0.717) is 25.2 Å². The first-order chi connectivity index (χ1) is 16.9. The predicted molar refractivity (Wildman–Crippen MR) is 145 cm³/mol. The first-order valence-electron chi connectivity index (χ1n) is 12.6. The van der Waals surface area contributed by atoms with Gasteiger partial charge in [-0.05, 0) is 89.3 Å². The molecule has 2 heterocycles. The highest BCUT2D eigenvalue weighted by molar-refractivity contribution is 6.07. The molecule has 2 N–H and O–H groups in total. The number of nitrogens with zero attached hydrogens (tertiary/aromatic N) is 3. The number of hydrogen-bond donors (Lipinski definition) is 2. The van der Waals surface area contributed by atoms with E-state index in [4.69, 9.17) is 5.11 Å². The van der Waals surface area contributed by atoms with Gasteiger partial charge >= 0.3 is 0 Å². The normalized spacial score (nSPS) is 14.9. The largest absolute Gasteiger partial charge is 0.391 e. The molecule has 1 aromatic heterocycles. The molecule has 1 amide bonds. The Balaban J connectivity index is 0.000000658. The smallest absolute Gasteiger partial charge is 0.258 e. The van der Waals surface area contributed by atoms with Crippen molar-refractivity contribution in [2.75, 3.05) is 25.0 Å². The number of anilines is 1. The third-order valence-electron chi connectivity index (χ3n) is 6.34. The second-order valence-electron chi connectivity index (χ2n) is 10.5. The highest BCUT2D eigenvalue weighted by Crippen LogP contribution is 2.32. The second kappa shape index (κ2) is 11.4. The Bertz CT molecular complexity index is 1240. The monoisotopic (exact) mass is 493 g/mol. The van der Waals surface area contributed by atoms with Gasteiger partial charge in [-0.15, -0.1) is 0 Å². The molecule has 4 rings (SSSR count). The molecular weight excluding hydrogens is 454 g/mol. The number of hydrogen-bond acceptors (Lipinski definition) is 5. The molecule has 36 heavy (non-hydrogen) atoms. The molecule has 7 nitrogen and oxygen atoms in total. The lowest BCUT2D eigenvalue weighted by molar-refractivity contribution is -0.106. The van der Waals surface area contributed by atoms with Gasteiger partial charge in [-0.3, -0.25) is 9.59 Å². The Morgan fingerprint density at radius 1 is 1.06 bits per heavy atom. The van der Waals surface area contributed by atoms with E-state index in [1.807, 2.05) is 50.2 Å². The van der Waals surface area contributed by atoms with E-state index in [9.17, 15) is 14.8 Å². The van der Waals surface area contributed by atoms with Crippen LogP contribution in [0.15, 0.2) is 53.3 Å². The second-order valence-corrected chi connectivity index (χ2v) is 10.5. The number of pyridine rings is 1. The van der Waals surface area contributed by atoms with Crippen LogP contribution in [0.5, 0.6) is 0 Å². The topological polar surface area (TPSA) is 86.0 Å². The number of rotatable bonds is 4. The Kier molecular flexibility index (Phi) is 8.71. The van der Waals surface area contributed by atoms with Crippen molar-refractivity contribution in [3.63, 3.8) is 0 Å². The van der Waals surface area contributed by atoms with Gasteiger partial charge in [0.1, 0.15) is 0 Å². The number of aliphatic hydroxyl groups is 1. The lowest BCUT2D eigenvalue weighted by atomic mass is 9.87. The van der Waals surface area contributed by atoms with Crippen molar-refractivity contribution in [2.24, 2.45) is 0 Å². The van der Waals surface area contributed by atoms with E-state index >= 15 is 0 Å². The number of carbonyl (C=O) groups excluding carboxylic acids is 1. The number of carbonyl (C=O) groups is 1. The quantitative estimate of drug-likeness (QED) is 0.537. The number of benzene rings is 2. The average Bonchev–Trinajstić information content (AvgIpc) is 2.82. The molecule has 194 valence electrons. The summed E-state index contributed by atoms with van der Waals surface area (Å²) in [6.45, 7) is 10.9. The summed E-state index contributed by atoms with van der Waals surface area (Å²) in [4.78, 5) is 27.7. The Labute approximate surface area is 213 Å². The molecule has 0 atom stereocenters. The van der Waals surface area contributed by atoms with E-state index in [-0.39, 0.29) is 17.4 Å². The van der Waals surface area contributed by atoms with Crippen LogP contribution in [0.25, 0.3) is 10.9 Å². The van der Waals surface area contributed by atoms with Gasteiger partial charge in [-0.25, -0.2) is 0 Å². The maximum atomic E-state index is 13.2. The summed E-state index contributed by atoms with van der Waals surface area (Å²) in [7, 11) is 1.78. The fourth-order valence-electron chi connectivity index (χ4n) is 4.46. The van der Waals surface area contributed by atoms with Gasteiger partial charge in [0.15, 0.2) is 0 Å². The van der Waals surface area contributed by atoms with Crippen molar-refractivity contribution in [2.45, 2.75) is 65.5 Å². The van der Waals surface area contributed by atoms with Crippen LogP contribution in [0, 0.1) is 6.92 Å². The minimum Gasteiger partial charge on any atom is -0.391 e. The molecule has 0 aliphatic carbocycles. The number of fused-ring (bicyclic) bond motifs is 1. The first-order valence-corrected chi connectivity index (χ1v) is 12.6. The third kappa shape index (κ3) is 6.81. The van der Waals surface area contributed by atoms with Gasteiger partial charge in [0, 0.05) is 49.4 Å². The van der Waals surface area contributed by atoms with Crippen molar-refractivity contribution in [3.05, 3.63) is 75.6 Å². The van der Waals surface area contributed by atoms with E-state index in [1.165, 1.54) is 5.06 Å². The first kappa shape index (κ1) is 27.6. The van der Waals surface area contributed by atoms with Crippen LogP contribution >= 0.6 is 0 Å². The minimum atomic E-state index is -0.500. The Hall–Kier alpha value is -3.00. The fourth-order valence-corrected chi connectivity index (χ4v) is 4.46. The molecule has 7 heteroatoms. The molecule has 3 aromatic rings. The molecule has 1 saturated heterocycles. The van der Waals surface area contributed by atoms with Crippen molar-refractivity contribution in [1.82, 2.24) is 9.63 Å². The number of aromatic nitrogens is 1. The number of hydroxylamine groups is 2. The van der Waals surface area contributed by atoms with Crippen molar-refractivity contribution in [1.29, 1.82) is 0 Å². The highest BCUT2D eigenvalue weighted by atomic mass is 16.5. The summed E-state index contributed by atoms with van der Waals surface area (Å²) >= 11 is 0. The molecule has 0 saturated carbocycles. The molecule has 1 aliphatic heterocycles. The van der Waals surface area contributed by atoms with E-state index in [1.54, 1.807) is 49.4 Å². The molecule has 2 aromatic carbocycles. The van der Waals surface area contributed by atoms with Gasteiger partial charge < -0.3 is 19.8 Å². The van der Waals surface area contributed by atoms with Gasteiger partial charge in [-0.1, -0.05) is 17.7 Å². The third-order valence-corrected chi connectivity index (χ3v) is 6.34. The Morgan fingerprint density at radius 3 is 2.19 bits per heavy atom. The molecule has 1 aliphatic rings. The van der Waals surface area contributed by atoms with Gasteiger partial charge in [0.05, 0.1) is 11.1 Å². The zero-order chi connectivity index (χ0) is 26.6. The summed E-state index contributed by atoms with van der Waals surface area (Å²) < 4.78 is 1.75.